The monoisotopic (exact) mass is 262 g/mol. The summed E-state index contributed by atoms with van der Waals surface area (Å²) in [6.07, 6.45) is 2.89. The molecule has 0 aromatic heterocycles. The van der Waals surface area contributed by atoms with Crippen LogP contribution in [-0.4, -0.2) is 25.8 Å². The van der Waals surface area contributed by atoms with Crippen LogP contribution in [0.5, 0.6) is 0 Å². The highest BCUT2D eigenvalue weighted by molar-refractivity contribution is 5.74. The quantitative estimate of drug-likeness (QED) is 0.773. The Morgan fingerprint density at radius 3 is 3.11 bits per heavy atom. The van der Waals surface area contributed by atoms with Crippen LogP contribution in [0.4, 0.5) is 4.79 Å². The smallest absolute Gasteiger partial charge is 0.315 e. The van der Waals surface area contributed by atoms with Gasteiger partial charge in [-0.2, -0.15) is 0 Å². The summed E-state index contributed by atoms with van der Waals surface area (Å²) in [5, 5.41) is 5.90. The third kappa shape index (κ3) is 3.96. The molecule has 1 aromatic rings. The van der Waals surface area contributed by atoms with Gasteiger partial charge in [-0.1, -0.05) is 24.3 Å². The third-order valence-electron chi connectivity index (χ3n) is 3.39. The summed E-state index contributed by atoms with van der Waals surface area (Å²) in [6, 6.07) is 8.38. The molecule has 4 heteroatoms. The van der Waals surface area contributed by atoms with E-state index in [-0.39, 0.29) is 12.1 Å². The number of carbonyl (C=O) groups excluding carboxylic acids is 1. The van der Waals surface area contributed by atoms with E-state index in [9.17, 15) is 4.79 Å². The van der Waals surface area contributed by atoms with Crippen molar-refractivity contribution in [1.29, 1.82) is 0 Å². The summed E-state index contributed by atoms with van der Waals surface area (Å²) in [6.45, 7) is 4.05. The molecule has 0 saturated carbocycles. The van der Waals surface area contributed by atoms with Gasteiger partial charge in [0.15, 0.2) is 0 Å². The van der Waals surface area contributed by atoms with Crippen molar-refractivity contribution in [2.45, 2.75) is 32.2 Å². The van der Waals surface area contributed by atoms with Gasteiger partial charge in [0, 0.05) is 19.8 Å². The number of benzene rings is 1. The molecule has 19 heavy (non-hydrogen) atoms. The van der Waals surface area contributed by atoms with Crippen LogP contribution >= 0.6 is 0 Å². The van der Waals surface area contributed by atoms with Gasteiger partial charge in [-0.25, -0.2) is 4.79 Å². The predicted octanol–water partition coefficient (Wildman–Crippen LogP) is 2.40. The van der Waals surface area contributed by atoms with Crippen molar-refractivity contribution in [2.75, 3.05) is 19.8 Å². The van der Waals surface area contributed by atoms with E-state index in [1.165, 1.54) is 11.1 Å². The standard InChI is InChI=1S/C15H22N2O2/c1-2-19-11-5-10-16-15(18)17-14-9-8-12-6-3-4-7-13(12)14/h3-4,6-7,14H,2,5,8-11H2,1H3,(H2,16,17,18)/t14-/m1/s1. The first-order valence-electron chi connectivity index (χ1n) is 7.01. The molecular weight excluding hydrogens is 240 g/mol. The first-order chi connectivity index (χ1) is 9.31. The van der Waals surface area contributed by atoms with Crippen molar-refractivity contribution in [3.05, 3.63) is 35.4 Å². The topological polar surface area (TPSA) is 50.4 Å². The first-order valence-corrected chi connectivity index (χ1v) is 7.01. The van der Waals surface area contributed by atoms with Gasteiger partial charge in [-0.05, 0) is 37.3 Å². The van der Waals surface area contributed by atoms with E-state index in [0.717, 1.165) is 25.9 Å². The van der Waals surface area contributed by atoms with Gasteiger partial charge >= 0.3 is 6.03 Å². The third-order valence-corrected chi connectivity index (χ3v) is 3.39. The Kier molecular flexibility index (Phi) is 5.21. The highest BCUT2D eigenvalue weighted by Gasteiger charge is 2.22. The van der Waals surface area contributed by atoms with Crippen LogP contribution in [0.25, 0.3) is 0 Å². The van der Waals surface area contributed by atoms with E-state index in [4.69, 9.17) is 4.74 Å². The number of ether oxygens (including phenoxy) is 1. The van der Waals surface area contributed by atoms with Gasteiger partial charge in [0.2, 0.25) is 0 Å². The van der Waals surface area contributed by atoms with Crippen molar-refractivity contribution in [3.63, 3.8) is 0 Å². The first kappa shape index (κ1) is 13.9. The second-order valence-corrected chi connectivity index (χ2v) is 4.74. The molecule has 0 heterocycles. The lowest BCUT2D eigenvalue weighted by Gasteiger charge is -2.14. The summed E-state index contributed by atoms with van der Waals surface area (Å²) in [5.41, 5.74) is 2.61. The fourth-order valence-corrected chi connectivity index (χ4v) is 2.44. The minimum absolute atomic E-state index is 0.0850. The Balaban J connectivity index is 1.72. The summed E-state index contributed by atoms with van der Waals surface area (Å²) < 4.78 is 5.22. The molecule has 2 rings (SSSR count). The molecule has 1 aromatic carbocycles. The summed E-state index contributed by atoms with van der Waals surface area (Å²) in [4.78, 5) is 11.8. The maximum atomic E-state index is 11.8. The SMILES string of the molecule is CCOCCCNC(=O)N[C@@H]1CCc2ccccc21. The van der Waals surface area contributed by atoms with Crippen LogP contribution in [0.2, 0.25) is 0 Å². The molecule has 0 aliphatic heterocycles. The number of nitrogens with one attached hydrogen (secondary N) is 2. The summed E-state index contributed by atoms with van der Waals surface area (Å²) >= 11 is 0. The zero-order valence-electron chi connectivity index (χ0n) is 11.4. The zero-order chi connectivity index (χ0) is 13.5. The number of rotatable bonds is 6. The zero-order valence-corrected chi connectivity index (χ0v) is 11.4. The molecule has 2 N–H and O–H groups in total. The Morgan fingerprint density at radius 2 is 2.26 bits per heavy atom. The lowest BCUT2D eigenvalue weighted by molar-refractivity contribution is 0.145. The molecule has 0 radical (unpaired) electrons. The second kappa shape index (κ2) is 7.14. The van der Waals surface area contributed by atoms with E-state index in [1.807, 2.05) is 13.0 Å². The van der Waals surface area contributed by atoms with Crippen molar-refractivity contribution in [3.8, 4) is 0 Å². The molecule has 1 aliphatic carbocycles. The Hall–Kier alpha value is -1.55. The molecule has 2 amide bonds. The van der Waals surface area contributed by atoms with E-state index in [2.05, 4.69) is 28.8 Å². The van der Waals surface area contributed by atoms with Gasteiger partial charge in [-0.15, -0.1) is 0 Å². The lowest BCUT2D eigenvalue weighted by atomic mass is 10.1. The van der Waals surface area contributed by atoms with Gasteiger partial charge in [0.05, 0.1) is 6.04 Å². The molecular formula is C15H22N2O2. The van der Waals surface area contributed by atoms with Gasteiger partial charge in [0.1, 0.15) is 0 Å². The van der Waals surface area contributed by atoms with Crippen LogP contribution in [0.1, 0.15) is 36.9 Å². The maximum Gasteiger partial charge on any atom is 0.315 e. The van der Waals surface area contributed by atoms with E-state index in [1.54, 1.807) is 0 Å². The van der Waals surface area contributed by atoms with Gasteiger partial charge in [0.25, 0.3) is 0 Å². The number of hydrogen-bond acceptors (Lipinski definition) is 2. The Bertz CT molecular complexity index is 420. The number of amides is 2. The molecule has 1 atom stereocenters. The molecule has 4 nitrogen and oxygen atoms in total. The molecule has 0 spiro atoms. The van der Waals surface area contributed by atoms with E-state index >= 15 is 0 Å². The second-order valence-electron chi connectivity index (χ2n) is 4.74. The van der Waals surface area contributed by atoms with Gasteiger partial charge < -0.3 is 15.4 Å². The minimum Gasteiger partial charge on any atom is -0.382 e. The average Bonchev–Trinajstić information content (AvgIpc) is 2.82. The van der Waals surface area contributed by atoms with Crippen LogP contribution in [-0.2, 0) is 11.2 Å². The number of hydrogen-bond donors (Lipinski definition) is 2. The van der Waals surface area contributed by atoms with Crippen LogP contribution in [0, 0.1) is 0 Å². The highest BCUT2D eigenvalue weighted by atomic mass is 16.5. The lowest BCUT2D eigenvalue weighted by Crippen LogP contribution is -2.38. The number of urea groups is 1. The molecule has 1 aliphatic rings. The van der Waals surface area contributed by atoms with Crippen LogP contribution in [0.3, 0.4) is 0 Å². The van der Waals surface area contributed by atoms with Crippen molar-refractivity contribution in [1.82, 2.24) is 10.6 Å². The minimum atomic E-state index is -0.0850. The summed E-state index contributed by atoms with van der Waals surface area (Å²) in [7, 11) is 0. The fraction of sp³-hybridized carbons (Fsp3) is 0.533. The summed E-state index contributed by atoms with van der Waals surface area (Å²) in [5.74, 6) is 0. The maximum absolute atomic E-state index is 11.8. The normalized spacial score (nSPS) is 17.0. The van der Waals surface area contributed by atoms with Crippen LogP contribution < -0.4 is 10.6 Å². The highest BCUT2D eigenvalue weighted by Crippen LogP contribution is 2.30. The Morgan fingerprint density at radius 1 is 1.42 bits per heavy atom. The number of aryl methyl sites for hydroxylation is 1. The number of fused-ring (bicyclic) bond motifs is 1. The fourth-order valence-electron chi connectivity index (χ4n) is 2.44. The number of carbonyl (C=O) groups is 1. The Labute approximate surface area is 114 Å². The molecule has 0 unspecified atom stereocenters. The van der Waals surface area contributed by atoms with E-state index in [0.29, 0.717) is 13.2 Å². The predicted molar refractivity (Wildman–Crippen MR) is 75.1 cm³/mol. The molecule has 0 bridgehead atoms. The van der Waals surface area contributed by atoms with Crippen molar-refractivity contribution < 1.29 is 9.53 Å². The average molecular weight is 262 g/mol. The molecule has 0 saturated heterocycles. The van der Waals surface area contributed by atoms with Crippen molar-refractivity contribution in [2.24, 2.45) is 0 Å². The largest absolute Gasteiger partial charge is 0.382 e. The van der Waals surface area contributed by atoms with Gasteiger partial charge in [-0.3, -0.25) is 0 Å². The van der Waals surface area contributed by atoms with Crippen LogP contribution in [0.15, 0.2) is 24.3 Å². The molecule has 0 fully saturated rings. The van der Waals surface area contributed by atoms with Crippen molar-refractivity contribution >= 4 is 6.03 Å². The molecule has 104 valence electrons. The van der Waals surface area contributed by atoms with E-state index < -0.39 is 0 Å².